The van der Waals surface area contributed by atoms with Gasteiger partial charge in [0.2, 0.25) is 0 Å². The highest BCUT2D eigenvalue weighted by molar-refractivity contribution is 5.75. The molecule has 172 valence electrons. The van der Waals surface area contributed by atoms with Crippen LogP contribution in [-0.4, -0.2) is 16.2 Å². The number of unbranched alkanes of at least 4 members (excludes halogenated alkanes) is 1. The standard InChI is InChI=1S/C29H34N2O2/c1-4-22(2)24-15-17-25(18-16-24)32-20-10-9-19-31-27-13-7-6-12-26(27)30-29(31)21-33-28-14-8-5-11-23(28)3/h5-8,11-18,22H,4,9-10,19-21H2,1-3H3. The first-order chi connectivity index (χ1) is 16.2. The van der Waals surface area contributed by atoms with Gasteiger partial charge in [0.1, 0.15) is 23.9 Å². The maximum Gasteiger partial charge on any atom is 0.147 e. The van der Waals surface area contributed by atoms with Gasteiger partial charge in [-0.3, -0.25) is 0 Å². The van der Waals surface area contributed by atoms with Crippen LogP contribution in [0.1, 0.15) is 56.0 Å². The average molecular weight is 443 g/mol. The van der Waals surface area contributed by atoms with Crippen molar-refractivity contribution in [3.8, 4) is 11.5 Å². The number of aromatic nitrogens is 2. The van der Waals surface area contributed by atoms with Gasteiger partial charge < -0.3 is 14.0 Å². The molecule has 0 aliphatic rings. The second kappa shape index (κ2) is 11.0. The molecule has 1 heterocycles. The fraction of sp³-hybridized carbons (Fsp3) is 0.345. The zero-order valence-corrected chi connectivity index (χ0v) is 20.0. The van der Waals surface area contributed by atoms with Crippen molar-refractivity contribution in [3.63, 3.8) is 0 Å². The molecule has 4 aromatic rings. The van der Waals surface area contributed by atoms with E-state index in [0.29, 0.717) is 19.1 Å². The van der Waals surface area contributed by atoms with Gasteiger partial charge in [0.25, 0.3) is 0 Å². The Kier molecular flexibility index (Phi) is 7.66. The Labute approximate surface area is 197 Å². The molecule has 1 aromatic heterocycles. The first-order valence-corrected chi connectivity index (χ1v) is 12.0. The fourth-order valence-corrected chi connectivity index (χ4v) is 4.04. The van der Waals surface area contributed by atoms with E-state index in [1.807, 2.05) is 24.3 Å². The van der Waals surface area contributed by atoms with Gasteiger partial charge in [0, 0.05) is 6.54 Å². The molecule has 0 radical (unpaired) electrons. The summed E-state index contributed by atoms with van der Waals surface area (Å²) in [6.07, 6.45) is 3.15. The van der Waals surface area contributed by atoms with Gasteiger partial charge in [0.05, 0.1) is 17.6 Å². The highest BCUT2D eigenvalue weighted by Crippen LogP contribution is 2.23. The summed E-state index contributed by atoms with van der Waals surface area (Å²) < 4.78 is 14.4. The van der Waals surface area contributed by atoms with Crippen molar-refractivity contribution in [2.75, 3.05) is 6.61 Å². The Bertz CT molecular complexity index is 1160. The predicted octanol–water partition coefficient (Wildman–Crippen LogP) is 7.30. The van der Waals surface area contributed by atoms with Crippen LogP contribution in [0.5, 0.6) is 11.5 Å². The number of imidazole rings is 1. The monoisotopic (exact) mass is 442 g/mol. The highest BCUT2D eigenvalue weighted by atomic mass is 16.5. The Morgan fingerprint density at radius 1 is 0.879 bits per heavy atom. The highest BCUT2D eigenvalue weighted by Gasteiger charge is 2.11. The molecule has 0 aliphatic heterocycles. The van der Waals surface area contributed by atoms with Crippen molar-refractivity contribution < 1.29 is 9.47 Å². The predicted molar refractivity (Wildman–Crippen MR) is 135 cm³/mol. The number of aryl methyl sites for hydroxylation is 2. The van der Waals surface area contributed by atoms with Gasteiger partial charge in [-0.1, -0.05) is 56.3 Å². The molecule has 0 spiro atoms. The molecule has 33 heavy (non-hydrogen) atoms. The smallest absolute Gasteiger partial charge is 0.147 e. The summed E-state index contributed by atoms with van der Waals surface area (Å²) >= 11 is 0. The molecular weight excluding hydrogens is 408 g/mol. The lowest BCUT2D eigenvalue weighted by atomic mass is 9.99. The van der Waals surface area contributed by atoms with Gasteiger partial charge in [-0.05, 0) is 73.6 Å². The molecular formula is C29H34N2O2. The quantitative estimate of drug-likeness (QED) is 0.229. The number of para-hydroxylation sites is 3. The van der Waals surface area contributed by atoms with Crippen molar-refractivity contribution >= 4 is 11.0 Å². The second-order valence-electron chi connectivity index (χ2n) is 8.66. The third kappa shape index (κ3) is 5.75. The van der Waals surface area contributed by atoms with E-state index in [1.165, 1.54) is 5.56 Å². The first-order valence-electron chi connectivity index (χ1n) is 12.0. The second-order valence-corrected chi connectivity index (χ2v) is 8.66. The van der Waals surface area contributed by atoms with Crippen molar-refractivity contribution in [3.05, 3.63) is 89.7 Å². The number of rotatable bonds is 11. The average Bonchev–Trinajstić information content (AvgIpc) is 3.20. The lowest BCUT2D eigenvalue weighted by Gasteiger charge is -2.13. The lowest BCUT2D eigenvalue weighted by Crippen LogP contribution is -2.09. The molecule has 0 saturated heterocycles. The minimum absolute atomic E-state index is 0.457. The molecule has 0 bridgehead atoms. The van der Waals surface area contributed by atoms with Gasteiger partial charge in [-0.2, -0.15) is 0 Å². The Balaban J connectivity index is 1.34. The van der Waals surface area contributed by atoms with E-state index in [9.17, 15) is 0 Å². The van der Waals surface area contributed by atoms with Crippen LogP contribution in [0.15, 0.2) is 72.8 Å². The van der Waals surface area contributed by atoms with E-state index in [1.54, 1.807) is 0 Å². The topological polar surface area (TPSA) is 36.3 Å². The van der Waals surface area contributed by atoms with E-state index in [0.717, 1.165) is 59.7 Å². The fourth-order valence-electron chi connectivity index (χ4n) is 4.04. The SMILES string of the molecule is CCC(C)c1ccc(OCCCCn2c(COc3ccccc3C)nc3ccccc32)cc1. The van der Waals surface area contributed by atoms with Crippen LogP contribution < -0.4 is 9.47 Å². The van der Waals surface area contributed by atoms with Crippen LogP contribution in [0.2, 0.25) is 0 Å². The van der Waals surface area contributed by atoms with E-state index in [-0.39, 0.29) is 0 Å². The molecule has 1 unspecified atom stereocenters. The summed E-state index contributed by atoms with van der Waals surface area (Å²) in [7, 11) is 0. The zero-order valence-electron chi connectivity index (χ0n) is 20.0. The molecule has 1 atom stereocenters. The number of nitrogens with zero attached hydrogens (tertiary/aromatic N) is 2. The van der Waals surface area contributed by atoms with Gasteiger partial charge in [0.15, 0.2) is 0 Å². The molecule has 3 aromatic carbocycles. The normalized spacial score (nSPS) is 12.1. The van der Waals surface area contributed by atoms with Crippen LogP contribution in [0.3, 0.4) is 0 Å². The van der Waals surface area contributed by atoms with Crippen molar-refractivity contribution in [2.24, 2.45) is 0 Å². The third-order valence-corrected chi connectivity index (χ3v) is 6.29. The van der Waals surface area contributed by atoms with E-state index < -0.39 is 0 Å². The molecule has 4 heteroatoms. The zero-order chi connectivity index (χ0) is 23.0. The lowest BCUT2D eigenvalue weighted by molar-refractivity contribution is 0.283. The molecule has 0 amide bonds. The number of hydrogen-bond acceptors (Lipinski definition) is 3. The largest absolute Gasteiger partial charge is 0.494 e. The number of ether oxygens (including phenoxy) is 2. The maximum absolute atomic E-state index is 6.10. The van der Waals surface area contributed by atoms with Crippen LogP contribution >= 0.6 is 0 Å². The van der Waals surface area contributed by atoms with Crippen LogP contribution in [-0.2, 0) is 13.2 Å². The number of benzene rings is 3. The molecule has 0 aliphatic carbocycles. The van der Waals surface area contributed by atoms with E-state index in [2.05, 4.69) is 73.9 Å². The van der Waals surface area contributed by atoms with Gasteiger partial charge >= 0.3 is 0 Å². The summed E-state index contributed by atoms with van der Waals surface area (Å²) in [5.74, 6) is 3.40. The Morgan fingerprint density at radius 3 is 2.42 bits per heavy atom. The van der Waals surface area contributed by atoms with Crippen molar-refractivity contribution in [1.82, 2.24) is 9.55 Å². The van der Waals surface area contributed by atoms with Gasteiger partial charge in [-0.25, -0.2) is 4.98 Å². The molecule has 4 nitrogen and oxygen atoms in total. The van der Waals surface area contributed by atoms with Crippen molar-refractivity contribution in [1.29, 1.82) is 0 Å². The van der Waals surface area contributed by atoms with Crippen molar-refractivity contribution in [2.45, 2.75) is 59.1 Å². The number of hydrogen-bond donors (Lipinski definition) is 0. The summed E-state index contributed by atoms with van der Waals surface area (Å²) in [4.78, 5) is 4.84. The van der Waals surface area contributed by atoms with E-state index in [4.69, 9.17) is 14.5 Å². The maximum atomic E-state index is 6.10. The first kappa shape index (κ1) is 22.9. The summed E-state index contributed by atoms with van der Waals surface area (Å²) in [6, 6.07) is 24.9. The van der Waals surface area contributed by atoms with E-state index >= 15 is 0 Å². The molecule has 0 N–H and O–H groups in total. The molecule has 0 fully saturated rings. The third-order valence-electron chi connectivity index (χ3n) is 6.29. The summed E-state index contributed by atoms with van der Waals surface area (Å²) in [6.45, 7) is 8.61. The Hall–Kier alpha value is -3.27. The van der Waals surface area contributed by atoms with Gasteiger partial charge in [-0.15, -0.1) is 0 Å². The van der Waals surface area contributed by atoms with Crippen LogP contribution in [0, 0.1) is 6.92 Å². The molecule has 4 rings (SSSR count). The summed E-state index contributed by atoms with van der Waals surface area (Å²) in [5, 5.41) is 0. The Morgan fingerprint density at radius 2 is 1.64 bits per heavy atom. The van der Waals surface area contributed by atoms with Crippen LogP contribution in [0.25, 0.3) is 11.0 Å². The van der Waals surface area contributed by atoms with Crippen LogP contribution in [0.4, 0.5) is 0 Å². The molecule has 0 saturated carbocycles. The summed E-state index contributed by atoms with van der Waals surface area (Å²) in [5.41, 5.74) is 4.67. The number of fused-ring (bicyclic) bond motifs is 1. The minimum Gasteiger partial charge on any atom is -0.494 e. The minimum atomic E-state index is 0.457.